The van der Waals surface area contributed by atoms with E-state index in [9.17, 15) is 4.79 Å². The Kier molecular flexibility index (Phi) is 5.50. The molecule has 1 aliphatic heterocycles. The van der Waals surface area contributed by atoms with Gasteiger partial charge in [-0.2, -0.15) is 5.10 Å². The SMILES string of the molecule is COc1cc(-c2nnn(C3CCN(C(=O)OC(C)(C)C)CC3)c2C2CCC2)cn2nccc12. The Hall–Kier alpha value is -3.10. The number of methoxy groups -OCH3 is 1. The molecule has 0 bridgehead atoms. The number of hydrogen-bond acceptors (Lipinski definition) is 6. The monoisotopic (exact) mass is 452 g/mol. The average Bonchev–Trinajstić information content (AvgIpc) is 3.38. The van der Waals surface area contributed by atoms with Crippen molar-refractivity contribution < 1.29 is 14.3 Å². The molecular formula is C24H32N6O3. The zero-order valence-electron chi connectivity index (χ0n) is 19.8. The molecule has 1 amide bonds. The first kappa shape index (κ1) is 21.7. The highest BCUT2D eigenvalue weighted by atomic mass is 16.6. The fourth-order valence-corrected chi connectivity index (χ4v) is 4.75. The van der Waals surface area contributed by atoms with E-state index in [4.69, 9.17) is 9.47 Å². The van der Waals surface area contributed by atoms with Gasteiger partial charge in [0.15, 0.2) is 0 Å². The third-order valence-electron chi connectivity index (χ3n) is 6.65. The van der Waals surface area contributed by atoms with Crippen LogP contribution in [0.4, 0.5) is 4.79 Å². The maximum atomic E-state index is 12.5. The summed E-state index contributed by atoms with van der Waals surface area (Å²) in [5, 5.41) is 13.7. The van der Waals surface area contributed by atoms with Crippen molar-refractivity contribution in [3.05, 3.63) is 30.2 Å². The van der Waals surface area contributed by atoms with Crippen LogP contribution in [0.2, 0.25) is 0 Å². The van der Waals surface area contributed by atoms with E-state index in [1.54, 1.807) is 18.2 Å². The highest BCUT2D eigenvalue weighted by molar-refractivity contribution is 5.70. The van der Waals surface area contributed by atoms with Gasteiger partial charge in [-0.15, -0.1) is 5.10 Å². The van der Waals surface area contributed by atoms with Crippen molar-refractivity contribution in [3.8, 4) is 17.0 Å². The van der Waals surface area contributed by atoms with Gasteiger partial charge in [0.25, 0.3) is 0 Å². The van der Waals surface area contributed by atoms with E-state index in [2.05, 4.69) is 20.1 Å². The van der Waals surface area contributed by atoms with Gasteiger partial charge in [-0.1, -0.05) is 11.6 Å². The molecule has 33 heavy (non-hydrogen) atoms. The van der Waals surface area contributed by atoms with Crippen LogP contribution in [0.25, 0.3) is 16.8 Å². The second-order valence-corrected chi connectivity index (χ2v) is 10.1. The molecule has 0 atom stereocenters. The molecule has 1 aliphatic carbocycles. The topological polar surface area (TPSA) is 86.8 Å². The Morgan fingerprint density at radius 2 is 1.91 bits per heavy atom. The summed E-state index contributed by atoms with van der Waals surface area (Å²) >= 11 is 0. The van der Waals surface area contributed by atoms with E-state index in [0.717, 1.165) is 48.2 Å². The summed E-state index contributed by atoms with van der Waals surface area (Å²) in [4.78, 5) is 14.3. The number of fused-ring (bicyclic) bond motifs is 1. The summed E-state index contributed by atoms with van der Waals surface area (Å²) in [6, 6.07) is 4.18. The number of hydrogen-bond donors (Lipinski definition) is 0. The van der Waals surface area contributed by atoms with Crippen molar-refractivity contribution in [1.29, 1.82) is 0 Å². The molecule has 0 radical (unpaired) electrons. The van der Waals surface area contributed by atoms with Crippen LogP contribution in [0, 0.1) is 0 Å². The number of amides is 1. The van der Waals surface area contributed by atoms with Crippen LogP contribution in [0.3, 0.4) is 0 Å². The summed E-state index contributed by atoms with van der Waals surface area (Å²) in [6.07, 6.45) is 8.74. The molecule has 3 aromatic heterocycles. The molecule has 1 saturated carbocycles. The predicted octanol–water partition coefficient (Wildman–Crippen LogP) is 4.44. The molecule has 2 aliphatic rings. The largest absolute Gasteiger partial charge is 0.494 e. The number of carbonyl (C=O) groups excluding carboxylic acids is 1. The first-order valence-corrected chi connectivity index (χ1v) is 11.8. The number of pyridine rings is 1. The number of aromatic nitrogens is 5. The Bertz CT molecular complexity index is 1150. The van der Waals surface area contributed by atoms with Crippen LogP contribution < -0.4 is 4.74 Å². The first-order valence-electron chi connectivity index (χ1n) is 11.8. The van der Waals surface area contributed by atoms with Crippen molar-refractivity contribution in [3.63, 3.8) is 0 Å². The number of rotatable bonds is 4. The molecule has 9 nitrogen and oxygen atoms in total. The van der Waals surface area contributed by atoms with Crippen molar-refractivity contribution in [1.82, 2.24) is 29.5 Å². The second-order valence-electron chi connectivity index (χ2n) is 10.1. The predicted molar refractivity (Wildman–Crippen MR) is 123 cm³/mol. The molecule has 176 valence electrons. The van der Waals surface area contributed by atoms with E-state index in [0.29, 0.717) is 19.0 Å². The van der Waals surface area contributed by atoms with Crippen molar-refractivity contribution in [2.24, 2.45) is 0 Å². The Morgan fingerprint density at radius 1 is 1.15 bits per heavy atom. The minimum Gasteiger partial charge on any atom is -0.494 e. The third kappa shape index (κ3) is 4.16. The lowest BCUT2D eigenvalue weighted by Crippen LogP contribution is -2.42. The zero-order valence-corrected chi connectivity index (χ0v) is 19.8. The molecule has 5 rings (SSSR count). The average molecular weight is 453 g/mol. The van der Waals surface area contributed by atoms with Gasteiger partial charge in [0.05, 0.1) is 25.0 Å². The lowest BCUT2D eigenvalue weighted by Gasteiger charge is -2.35. The summed E-state index contributed by atoms with van der Waals surface area (Å²) in [5.41, 5.74) is 3.51. The van der Waals surface area contributed by atoms with Gasteiger partial charge in [-0.3, -0.25) is 0 Å². The van der Waals surface area contributed by atoms with Crippen molar-refractivity contribution in [2.75, 3.05) is 20.2 Å². The summed E-state index contributed by atoms with van der Waals surface area (Å²) in [7, 11) is 1.67. The molecule has 1 saturated heterocycles. The maximum Gasteiger partial charge on any atom is 0.410 e. The second kappa shape index (κ2) is 8.35. The third-order valence-corrected chi connectivity index (χ3v) is 6.65. The Balaban J connectivity index is 1.42. The first-order chi connectivity index (χ1) is 15.8. The van der Waals surface area contributed by atoms with Crippen LogP contribution in [-0.2, 0) is 4.74 Å². The zero-order chi connectivity index (χ0) is 23.2. The Labute approximate surface area is 193 Å². The van der Waals surface area contributed by atoms with Gasteiger partial charge in [0.1, 0.15) is 22.6 Å². The molecule has 2 fully saturated rings. The van der Waals surface area contributed by atoms with E-state index in [-0.39, 0.29) is 12.1 Å². The van der Waals surface area contributed by atoms with Gasteiger partial charge in [0, 0.05) is 30.8 Å². The lowest BCUT2D eigenvalue weighted by atomic mass is 9.81. The standard InChI is InChI=1S/C24H32N6O3/c1-24(2,3)33-23(31)28-12-9-18(10-13-28)30-22(16-6-5-7-16)21(26-27-30)17-14-20(32-4)19-8-11-25-29(19)15-17/h8,11,14-16,18H,5-7,9-10,12-13H2,1-4H3. The lowest BCUT2D eigenvalue weighted by molar-refractivity contribution is 0.0182. The van der Waals surface area contributed by atoms with Gasteiger partial charge in [0.2, 0.25) is 0 Å². The minimum atomic E-state index is -0.483. The number of piperidine rings is 1. The van der Waals surface area contributed by atoms with Gasteiger partial charge in [-0.05, 0) is 58.6 Å². The van der Waals surface area contributed by atoms with E-state index < -0.39 is 5.60 Å². The number of ether oxygens (including phenoxy) is 2. The van der Waals surface area contributed by atoms with Crippen molar-refractivity contribution in [2.45, 2.75) is 70.4 Å². The number of carbonyl (C=O) groups is 1. The van der Waals surface area contributed by atoms with Crippen molar-refractivity contribution >= 4 is 11.6 Å². The van der Waals surface area contributed by atoms with Crippen LogP contribution in [0.1, 0.15) is 70.5 Å². The fourth-order valence-electron chi connectivity index (χ4n) is 4.75. The smallest absolute Gasteiger partial charge is 0.410 e. The highest BCUT2D eigenvalue weighted by Gasteiger charge is 2.34. The highest BCUT2D eigenvalue weighted by Crippen LogP contribution is 2.43. The molecular weight excluding hydrogens is 420 g/mol. The molecule has 0 aromatic carbocycles. The van der Waals surface area contributed by atoms with Gasteiger partial charge >= 0.3 is 6.09 Å². The maximum absolute atomic E-state index is 12.5. The number of nitrogens with zero attached hydrogens (tertiary/aromatic N) is 6. The van der Waals surface area contributed by atoms with E-state index >= 15 is 0 Å². The van der Waals surface area contributed by atoms with Crippen LogP contribution >= 0.6 is 0 Å². The van der Waals surface area contributed by atoms with Crippen LogP contribution in [0.5, 0.6) is 5.75 Å². The summed E-state index contributed by atoms with van der Waals surface area (Å²) in [5.74, 6) is 1.22. The molecule has 0 spiro atoms. The van der Waals surface area contributed by atoms with Crippen LogP contribution in [0.15, 0.2) is 24.5 Å². The minimum absolute atomic E-state index is 0.218. The van der Waals surface area contributed by atoms with Crippen LogP contribution in [-0.4, -0.2) is 61.4 Å². The molecule has 0 N–H and O–H groups in total. The normalized spacial score (nSPS) is 17.9. The van der Waals surface area contributed by atoms with E-state index in [1.165, 1.54) is 12.1 Å². The molecule has 0 unspecified atom stereocenters. The number of likely N-dealkylation sites (tertiary alicyclic amines) is 1. The molecule has 4 heterocycles. The van der Waals surface area contributed by atoms with E-state index in [1.807, 2.05) is 43.6 Å². The fraction of sp³-hybridized carbons (Fsp3) is 0.583. The molecule has 3 aromatic rings. The van der Waals surface area contributed by atoms with Gasteiger partial charge < -0.3 is 14.4 Å². The summed E-state index contributed by atoms with van der Waals surface area (Å²) < 4.78 is 15.1. The quantitative estimate of drug-likeness (QED) is 0.582. The molecule has 9 heteroatoms. The summed E-state index contributed by atoms with van der Waals surface area (Å²) in [6.45, 7) is 7.01. The van der Waals surface area contributed by atoms with Gasteiger partial charge in [-0.25, -0.2) is 14.0 Å². The Morgan fingerprint density at radius 3 is 2.55 bits per heavy atom.